The Balaban J connectivity index is 1.99. The lowest BCUT2D eigenvalue weighted by Crippen LogP contribution is -2.48. The van der Waals surface area contributed by atoms with E-state index in [0.717, 1.165) is 21.9 Å². The smallest absolute Gasteiger partial charge is 0.243 e. The van der Waals surface area contributed by atoms with Gasteiger partial charge in [0.1, 0.15) is 18.4 Å². The molecule has 29 heavy (non-hydrogen) atoms. The van der Waals surface area contributed by atoms with E-state index in [1.54, 1.807) is 31.2 Å². The number of carbonyl (C=O) groups excluding carboxylic acids is 1. The Hall–Kier alpha value is -2.25. The second-order valence-corrected chi connectivity index (χ2v) is 9.34. The van der Waals surface area contributed by atoms with Crippen molar-refractivity contribution in [2.24, 2.45) is 0 Å². The van der Waals surface area contributed by atoms with Crippen LogP contribution in [-0.2, 0) is 14.8 Å². The zero-order chi connectivity index (χ0) is 21.6. The predicted molar refractivity (Wildman–Crippen MR) is 117 cm³/mol. The van der Waals surface area contributed by atoms with Gasteiger partial charge in [-0.1, -0.05) is 43.6 Å². The molecule has 2 aromatic rings. The van der Waals surface area contributed by atoms with E-state index in [1.165, 1.54) is 0 Å². The Bertz CT molecular complexity index is 930. The van der Waals surface area contributed by atoms with Crippen LogP contribution in [0.3, 0.4) is 0 Å². The van der Waals surface area contributed by atoms with Crippen molar-refractivity contribution in [3.05, 3.63) is 59.1 Å². The molecule has 0 aromatic heterocycles. The molecule has 0 fully saturated rings. The topological polar surface area (TPSA) is 75.7 Å². The van der Waals surface area contributed by atoms with Crippen LogP contribution >= 0.6 is 11.6 Å². The minimum absolute atomic E-state index is 0.258. The minimum Gasteiger partial charge on any atom is -0.491 e. The van der Waals surface area contributed by atoms with Gasteiger partial charge in [0, 0.05) is 5.02 Å². The van der Waals surface area contributed by atoms with Gasteiger partial charge in [0.15, 0.2) is 0 Å². The van der Waals surface area contributed by atoms with Gasteiger partial charge in [-0.3, -0.25) is 9.10 Å². The molecule has 158 valence electrons. The zero-order valence-corrected chi connectivity index (χ0v) is 18.6. The number of nitrogens with zero attached hydrogens (tertiary/aromatic N) is 1. The molecule has 0 saturated carbocycles. The van der Waals surface area contributed by atoms with E-state index in [4.69, 9.17) is 16.3 Å². The summed E-state index contributed by atoms with van der Waals surface area (Å²) >= 11 is 5.88. The standard InChI is InChI=1S/C21H27ClN2O4S/c1-15(2)19-7-5-6-8-20(19)28-14-13-23-21(25)16(3)24(29(4,26)27)18-11-9-17(22)10-12-18/h5-12,15-16H,13-14H2,1-4H3,(H,23,25)/t16-/m1/s1. The van der Waals surface area contributed by atoms with Crippen LogP contribution in [0, 0.1) is 0 Å². The van der Waals surface area contributed by atoms with Crippen LogP contribution in [-0.4, -0.2) is 39.8 Å². The first-order valence-electron chi connectivity index (χ1n) is 9.35. The quantitative estimate of drug-likeness (QED) is 0.604. The molecule has 0 bridgehead atoms. The number of anilines is 1. The first-order chi connectivity index (χ1) is 13.6. The number of halogens is 1. The number of sulfonamides is 1. The van der Waals surface area contributed by atoms with Gasteiger partial charge in [-0.2, -0.15) is 0 Å². The van der Waals surface area contributed by atoms with Gasteiger partial charge in [0.2, 0.25) is 15.9 Å². The molecule has 1 N–H and O–H groups in total. The van der Waals surface area contributed by atoms with Crippen LogP contribution in [0.1, 0.15) is 32.3 Å². The third-order valence-electron chi connectivity index (χ3n) is 4.37. The largest absolute Gasteiger partial charge is 0.491 e. The molecule has 0 heterocycles. The second kappa shape index (κ2) is 9.98. The summed E-state index contributed by atoms with van der Waals surface area (Å²) in [5.74, 6) is 0.693. The lowest BCUT2D eigenvalue weighted by atomic mass is 10.0. The number of nitrogens with one attached hydrogen (secondary N) is 1. The van der Waals surface area contributed by atoms with Crippen molar-refractivity contribution < 1.29 is 17.9 Å². The van der Waals surface area contributed by atoms with E-state index in [1.807, 2.05) is 24.3 Å². The summed E-state index contributed by atoms with van der Waals surface area (Å²) in [6, 6.07) is 13.1. The summed E-state index contributed by atoms with van der Waals surface area (Å²) in [4.78, 5) is 12.6. The molecule has 0 aliphatic heterocycles. The first-order valence-corrected chi connectivity index (χ1v) is 11.6. The third-order valence-corrected chi connectivity index (χ3v) is 5.86. The highest BCUT2D eigenvalue weighted by Crippen LogP contribution is 2.26. The first kappa shape index (κ1) is 23.0. The minimum atomic E-state index is -3.67. The Kier molecular flexibility index (Phi) is 7.93. The highest BCUT2D eigenvalue weighted by Gasteiger charge is 2.28. The summed E-state index contributed by atoms with van der Waals surface area (Å²) in [5, 5.41) is 3.22. The Morgan fingerprint density at radius 3 is 2.31 bits per heavy atom. The van der Waals surface area contributed by atoms with Crippen molar-refractivity contribution in [1.82, 2.24) is 5.32 Å². The number of amides is 1. The van der Waals surface area contributed by atoms with Gasteiger partial charge in [-0.25, -0.2) is 8.42 Å². The predicted octanol–water partition coefficient (Wildman–Crippen LogP) is 3.81. The normalized spacial score (nSPS) is 12.5. The van der Waals surface area contributed by atoms with Crippen LogP contribution in [0.15, 0.2) is 48.5 Å². The molecule has 0 radical (unpaired) electrons. The van der Waals surface area contributed by atoms with E-state index < -0.39 is 22.0 Å². The van der Waals surface area contributed by atoms with Crippen molar-refractivity contribution >= 4 is 33.2 Å². The Morgan fingerprint density at radius 1 is 1.10 bits per heavy atom. The van der Waals surface area contributed by atoms with Crippen LogP contribution in [0.4, 0.5) is 5.69 Å². The van der Waals surface area contributed by atoms with Gasteiger partial charge < -0.3 is 10.1 Å². The molecule has 1 atom stereocenters. The van der Waals surface area contributed by atoms with E-state index >= 15 is 0 Å². The fraction of sp³-hybridized carbons (Fsp3) is 0.381. The lowest BCUT2D eigenvalue weighted by Gasteiger charge is -2.28. The summed E-state index contributed by atoms with van der Waals surface area (Å²) in [5.41, 5.74) is 1.47. The van der Waals surface area contributed by atoms with Crippen molar-refractivity contribution in [1.29, 1.82) is 0 Å². The zero-order valence-electron chi connectivity index (χ0n) is 17.1. The summed E-state index contributed by atoms with van der Waals surface area (Å²) in [6.07, 6.45) is 1.07. The monoisotopic (exact) mass is 438 g/mol. The fourth-order valence-electron chi connectivity index (χ4n) is 2.97. The molecule has 0 saturated heterocycles. The van der Waals surface area contributed by atoms with Crippen LogP contribution in [0.5, 0.6) is 5.75 Å². The van der Waals surface area contributed by atoms with E-state index in [-0.39, 0.29) is 13.2 Å². The number of rotatable bonds is 9. The van der Waals surface area contributed by atoms with Gasteiger partial charge in [0.25, 0.3) is 0 Å². The SMILES string of the molecule is CC(C)c1ccccc1OCCNC(=O)[C@@H](C)N(c1ccc(Cl)cc1)S(C)(=O)=O. The van der Waals surface area contributed by atoms with Crippen molar-refractivity contribution in [2.75, 3.05) is 23.7 Å². The number of benzene rings is 2. The van der Waals surface area contributed by atoms with Crippen molar-refractivity contribution in [3.63, 3.8) is 0 Å². The molecular formula is C21H27ClN2O4S. The van der Waals surface area contributed by atoms with Crippen LogP contribution in [0.2, 0.25) is 5.02 Å². The average Bonchev–Trinajstić information content (AvgIpc) is 2.65. The molecule has 0 unspecified atom stereocenters. The Morgan fingerprint density at radius 2 is 1.72 bits per heavy atom. The molecule has 6 nitrogen and oxygen atoms in total. The summed E-state index contributed by atoms with van der Waals surface area (Å²) in [7, 11) is -3.67. The van der Waals surface area contributed by atoms with Gasteiger partial charge in [-0.15, -0.1) is 0 Å². The van der Waals surface area contributed by atoms with Crippen LogP contribution in [0.25, 0.3) is 0 Å². The number of para-hydroxylation sites is 1. The maximum absolute atomic E-state index is 12.6. The second-order valence-electron chi connectivity index (χ2n) is 7.04. The number of hydrogen-bond acceptors (Lipinski definition) is 4. The maximum atomic E-state index is 12.6. The van der Waals surface area contributed by atoms with Gasteiger partial charge >= 0.3 is 0 Å². The van der Waals surface area contributed by atoms with Crippen LogP contribution < -0.4 is 14.4 Å². The number of hydrogen-bond donors (Lipinski definition) is 1. The summed E-state index contributed by atoms with van der Waals surface area (Å²) in [6.45, 7) is 6.25. The van der Waals surface area contributed by atoms with Crippen molar-refractivity contribution in [3.8, 4) is 5.75 Å². The highest BCUT2D eigenvalue weighted by molar-refractivity contribution is 7.92. The molecule has 2 rings (SSSR count). The van der Waals surface area contributed by atoms with Gasteiger partial charge in [-0.05, 0) is 48.7 Å². The van der Waals surface area contributed by atoms with Gasteiger partial charge in [0.05, 0.1) is 18.5 Å². The van der Waals surface area contributed by atoms with E-state index in [0.29, 0.717) is 16.6 Å². The Labute approximate surface area is 177 Å². The molecule has 0 aliphatic rings. The average molecular weight is 439 g/mol. The molecular weight excluding hydrogens is 412 g/mol. The molecule has 0 aliphatic carbocycles. The lowest BCUT2D eigenvalue weighted by molar-refractivity contribution is -0.121. The molecule has 0 spiro atoms. The summed E-state index contributed by atoms with van der Waals surface area (Å²) < 4.78 is 31.4. The molecule has 8 heteroatoms. The third kappa shape index (κ3) is 6.37. The van der Waals surface area contributed by atoms with Crippen molar-refractivity contribution in [2.45, 2.75) is 32.7 Å². The van der Waals surface area contributed by atoms with E-state index in [2.05, 4.69) is 19.2 Å². The molecule has 2 aromatic carbocycles. The number of carbonyl (C=O) groups is 1. The fourth-order valence-corrected chi connectivity index (χ4v) is 4.27. The maximum Gasteiger partial charge on any atom is 0.243 e. The number of ether oxygens (including phenoxy) is 1. The highest BCUT2D eigenvalue weighted by atomic mass is 35.5. The van der Waals surface area contributed by atoms with E-state index in [9.17, 15) is 13.2 Å². The molecule has 1 amide bonds.